The molecule has 1 heterocycles. The molecule has 0 fully saturated rings. The lowest BCUT2D eigenvalue weighted by atomic mass is 10.1. The maximum atomic E-state index is 5.59. The molecule has 0 amide bonds. The van der Waals surface area contributed by atoms with Crippen LogP contribution in [-0.4, -0.2) is 37.4 Å². The van der Waals surface area contributed by atoms with Gasteiger partial charge in [0, 0.05) is 25.8 Å². The quantitative estimate of drug-likeness (QED) is 0.246. The summed E-state index contributed by atoms with van der Waals surface area (Å²) in [4.78, 5) is 4.51. The van der Waals surface area contributed by atoms with E-state index in [1.165, 1.54) is 0 Å². The normalized spacial score (nSPS) is 11.7. The summed E-state index contributed by atoms with van der Waals surface area (Å²) in [5, 5.41) is 10.5. The van der Waals surface area contributed by atoms with Crippen LogP contribution in [0, 0.1) is 5.92 Å². The standard InChI is InChI=1S/C17H32N4O2.HI/c1-6-18-17(19-8-10-22-9-7-13(2)3)20-12-15-11-16(14(4)5)21-23-15;/h11,13-14H,6-10,12H2,1-5H3,(H2,18,19,20);1H. The number of aromatic nitrogens is 1. The predicted octanol–water partition coefficient (Wildman–Crippen LogP) is 3.53. The van der Waals surface area contributed by atoms with Crippen molar-refractivity contribution in [3.63, 3.8) is 0 Å². The van der Waals surface area contributed by atoms with Crippen molar-refractivity contribution in [2.24, 2.45) is 10.9 Å². The van der Waals surface area contributed by atoms with Gasteiger partial charge in [-0.05, 0) is 25.2 Å². The van der Waals surface area contributed by atoms with Crippen molar-refractivity contribution in [3.8, 4) is 0 Å². The fraction of sp³-hybridized carbons (Fsp3) is 0.765. The highest BCUT2D eigenvalue weighted by molar-refractivity contribution is 14.0. The Balaban J connectivity index is 0.00000529. The summed E-state index contributed by atoms with van der Waals surface area (Å²) in [5.41, 5.74) is 0.965. The number of nitrogens with zero attached hydrogens (tertiary/aromatic N) is 2. The van der Waals surface area contributed by atoms with Crippen LogP contribution in [-0.2, 0) is 11.3 Å². The van der Waals surface area contributed by atoms with Gasteiger partial charge in [-0.3, -0.25) is 0 Å². The molecule has 0 aliphatic carbocycles. The zero-order valence-corrected chi connectivity index (χ0v) is 17.9. The molecular formula is C17H33IN4O2. The Kier molecular flexibility index (Phi) is 13.0. The number of halogens is 1. The van der Waals surface area contributed by atoms with Crippen molar-refractivity contribution < 1.29 is 9.26 Å². The van der Waals surface area contributed by atoms with Gasteiger partial charge in [0.25, 0.3) is 0 Å². The number of nitrogens with one attached hydrogen (secondary N) is 2. The molecule has 0 bridgehead atoms. The summed E-state index contributed by atoms with van der Waals surface area (Å²) in [7, 11) is 0. The van der Waals surface area contributed by atoms with Crippen LogP contribution in [0.2, 0.25) is 0 Å². The lowest BCUT2D eigenvalue weighted by molar-refractivity contribution is 0.128. The zero-order valence-electron chi connectivity index (χ0n) is 15.6. The highest BCUT2D eigenvalue weighted by Gasteiger charge is 2.07. The minimum Gasteiger partial charge on any atom is -0.380 e. The molecule has 0 aliphatic heterocycles. The van der Waals surface area contributed by atoms with Crippen molar-refractivity contribution in [1.29, 1.82) is 0 Å². The molecule has 2 N–H and O–H groups in total. The van der Waals surface area contributed by atoms with Crippen LogP contribution in [0.1, 0.15) is 58.4 Å². The molecule has 140 valence electrons. The maximum absolute atomic E-state index is 5.59. The molecule has 7 heteroatoms. The summed E-state index contributed by atoms with van der Waals surface area (Å²) in [6.07, 6.45) is 1.10. The van der Waals surface area contributed by atoms with Crippen LogP contribution in [0.5, 0.6) is 0 Å². The van der Waals surface area contributed by atoms with E-state index < -0.39 is 0 Å². The summed E-state index contributed by atoms with van der Waals surface area (Å²) in [5.74, 6) is 2.59. The Morgan fingerprint density at radius 2 is 2.00 bits per heavy atom. The molecule has 0 saturated heterocycles. The van der Waals surface area contributed by atoms with E-state index in [1.807, 2.05) is 13.0 Å². The molecule has 0 saturated carbocycles. The molecule has 6 nitrogen and oxygen atoms in total. The molecule has 0 spiro atoms. The van der Waals surface area contributed by atoms with E-state index in [0.717, 1.165) is 43.5 Å². The molecule has 0 radical (unpaired) electrons. The Bertz CT molecular complexity index is 461. The van der Waals surface area contributed by atoms with Gasteiger partial charge < -0.3 is 19.9 Å². The fourth-order valence-corrected chi connectivity index (χ4v) is 1.84. The van der Waals surface area contributed by atoms with Gasteiger partial charge in [-0.1, -0.05) is 32.9 Å². The lowest BCUT2D eigenvalue weighted by Gasteiger charge is -2.11. The molecule has 0 aliphatic rings. The minimum atomic E-state index is 0. The van der Waals surface area contributed by atoms with Gasteiger partial charge in [-0.2, -0.15) is 0 Å². The summed E-state index contributed by atoms with van der Waals surface area (Å²) < 4.78 is 10.9. The average molecular weight is 452 g/mol. The van der Waals surface area contributed by atoms with Crippen molar-refractivity contribution in [3.05, 3.63) is 17.5 Å². The van der Waals surface area contributed by atoms with Crippen LogP contribution in [0.3, 0.4) is 0 Å². The third-order valence-electron chi connectivity index (χ3n) is 3.28. The third kappa shape index (κ3) is 10.1. The second-order valence-electron chi connectivity index (χ2n) is 6.29. The number of rotatable bonds is 10. The van der Waals surface area contributed by atoms with Gasteiger partial charge in [0.1, 0.15) is 6.54 Å². The Morgan fingerprint density at radius 3 is 2.58 bits per heavy atom. The van der Waals surface area contributed by atoms with Crippen LogP contribution in [0.15, 0.2) is 15.6 Å². The number of hydrogen-bond donors (Lipinski definition) is 2. The summed E-state index contributed by atoms with van der Waals surface area (Å²) in [6, 6.07) is 1.97. The zero-order chi connectivity index (χ0) is 17.1. The van der Waals surface area contributed by atoms with E-state index in [-0.39, 0.29) is 24.0 Å². The monoisotopic (exact) mass is 452 g/mol. The average Bonchev–Trinajstić information content (AvgIpc) is 2.97. The first kappa shape index (κ1) is 23.2. The molecule has 24 heavy (non-hydrogen) atoms. The number of guanidine groups is 1. The van der Waals surface area contributed by atoms with Crippen molar-refractivity contribution in [2.75, 3.05) is 26.3 Å². The highest BCUT2D eigenvalue weighted by Crippen LogP contribution is 2.14. The Morgan fingerprint density at radius 1 is 1.25 bits per heavy atom. The third-order valence-corrected chi connectivity index (χ3v) is 3.28. The van der Waals surface area contributed by atoms with Crippen molar-refractivity contribution in [1.82, 2.24) is 15.8 Å². The van der Waals surface area contributed by atoms with Crippen molar-refractivity contribution >= 4 is 29.9 Å². The van der Waals surface area contributed by atoms with Gasteiger partial charge in [-0.25, -0.2) is 4.99 Å². The van der Waals surface area contributed by atoms with Crippen LogP contribution in [0.4, 0.5) is 0 Å². The van der Waals surface area contributed by atoms with Gasteiger partial charge >= 0.3 is 0 Å². The molecule has 1 rings (SSSR count). The summed E-state index contributed by atoms with van der Waals surface area (Å²) in [6.45, 7) is 14.1. The maximum Gasteiger partial charge on any atom is 0.191 e. The Hall–Kier alpha value is -0.830. The van der Waals surface area contributed by atoms with Crippen molar-refractivity contribution in [2.45, 2.75) is 53.5 Å². The largest absolute Gasteiger partial charge is 0.380 e. The van der Waals surface area contributed by atoms with E-state index in [2.05, 4.69) is 48.5 Å². The molecule has 1 aromatic rings. The number of ether oxygens (including phenoxy) is 1. The SMILES string of the molecule is CCNC(=NCc1cc(C(C)C)no1)NCCOCCC(C)C.I. The van der Waals surface area contributed by atoms with Gasteiger partial charge in [-0.15, -0.1) is 24.0 Å². The highest BCUT2D eigenvalue weighted by atomic mass is 127. The second kappa shape index (κ2) is 13.5. The first-order valence-corrected chi connectivity index (χ1v) is 8.58. The van der Waals surface area contributed by atoms with E-state index >= 15 is 0 Å². The first-order valence-electron chi connectivity index (χ1n) is 8.58. The lowest BCUT2D eigenvalue weighted by Crippen LogP contribution is -2.39. The van der Waals surface area contributed by atoms with Gasteiger partial charge in [0.15, 0.2) is 11.7 Å². The van der Waals surface area contributed by atoms with E-state index in [1.54, 1.807) is 0 Å². The smallest absolute Gasteiger partial charge is 0.191 e. The fourth-order valence-electron chi connectivity index (χ4n) is 1.84. The molecule has 0 unspecified atom stereocenters. The number of hydrogen-bond acceptors (Lipinski definition) is 4. The van der Waals surface area contributed by atoms with Gasteiger partial charge in [0.05, 0.1) is 12.3 Å². The van der Waals surface area contributed by atoms with Crippen LogP contribution < -0.4 is 10.6 Å². The predicted molar refractivity (Wildman–Crippen MR) is 109 cm³/mol. The van der Waals surface area contributed by atoms with E-state index in [0.29, 0.717) is 25.0 Å². The van der Waals surface area contributed by atoms with Crippen LogP contribution in [0.25, 0.3) is 0 Å². The molecule has 0 aromatic carbocycles. The Labute approximate surface area is 163 Å². The topological polar surface area (TPSA) is 71.7 Å². The van der Waals surface area contributed by atoms with E-state index in [9.17, 15) is 0 Å². The van der Waals surface area contributed by atoms with Gasteiger partial charge in [0.2, 0.25) is 0 Å². The minimum absolute atomic E-state index is 0. The first-order chi connectivity index (χ1) is 11.0. The van der Waals surface area contributed by atoms with E-state index in [4.69, 9.17) is 9.26 Å². The van der Waals surface area contributed by atoms with Crippen LogP contribution >= 0.6 is 24.0 Å². The summed E-state index contributed by atoms with van der Waals surface area (Å²) >= 11 is 0. The second-order valence-corrected chi connectivity index (χ2v) is 6.29. The molecule has 1 aromatic heterocycles. The molecule has 0 atom stereocenters. The molecular weight excluding hydrogens is 419 g/mol. The number of aliphatic imine (C=N–C) groups is 1.